The summed E-state index contributed by atoms with van der Waals surface area (Å²) in [5, 5.41) is 3.84. The largest absolute Gasteiger partial charge is 0.380 e. The van der Waals surface area contributed by atoms with Gasteiger partial charge in [0.2, 0.25) is 11.7 Å². The fourth-order valence-corrected chi connectivity index (χ4v) is 2.17. The van der Waals surface area contributed by atoms with Gasteiger partial charge in [0.25, 0.3) is 0 Å². The number of benzene rings is 1. The Kier molecular flexibility index (Phi) is 3.31. The minimum absolute atomic E-state index is 0.0300. The minimum Gasteiger partial charge on any atom is -0.380 e. The monoisotopic (exact) mass is 276 g/mol. The van der Waals surface area contributed by atoms with E-state index in [-0.39, 0.29) is 29.9 Å². The molecule has 1 aliphatic rings. The summed E-state index contributed by atoms with van der Waals surface area (Å²) in [5.41, 5.74) is 1.40. The molecule has 104 valence electrons. The van der Waals surface area contributed by atoms with Crippen LogP contribution in [0.5, 0.6) is 0 Å². The van der Waals surface area contributed by atoms with Crippen LogP contribution in [0, 0.1) is 12.7 Å². The van der Waals surface area contributed by atoms with Crippen molar-refractivity contribution < 1.29 is 18.4 Å². The predicted molar refractivity (Wildman–Crippen MR) is 67.6 cm³/mol. The third-order valence-corrected chi connectivity index (χ3v) is 3.35. The van der Waals surface area contributed by atoms with Crippen molar-refractivity contribution in [2.24, 2.45) is 0 Å². The van der Waals surface area contributed by atoms with E-state index >= 15 is 0 Å². The van der Waals surface area contributed by atoms with Crippen LogP contribution in [0.3, 0.4) is 0 Å². The first kappa shape index (κ1) is 12.9. The lowest BCUT2D eigenvalue weighted by atomic mass is 10.0. The number of carbonyl (C=O) groups excluding carboxylic acids is 1. The fraction of sp³-hybridized carbons (Fsp3) is 0.357. The summed E-state index contributed by atoms with van der Waals surface area (Å²) in [6, 6.07) is 4.37. The number of aromatic nitrogens is 2. The van der Waals surface area contributed by atoms with Gasteiger partial charge >= 0.3 is 0 Å². The zero-order valence-electron chi connectivity index (χ0n) is 10.9. The maximum absolute atomic E-state index is 13.3. The van der Waals surface area contributed by atoms with Gasteiger partial charge in [-0.2, -0.15) is 4.98 Å². The van der Waals surface area contributed by atoms with Crippen LogP contribution in [0.2, 0.25) is 0 Å². The quantitative estimate of drug-likeness (QED) is 0.841. The van der Waals surface area contributed by atoms with Crippen molar-refractivity contribution in [2.45, 2.75) is 19.3 Å². The maximum atomic E-state index is 13.3. The van der Waals surface area contributed by atoms with Gasteiger partial charge in [-0.15, -0.1) is 0 Å². The molecule has 20 heavy (non-hydrogen) atoms. The number of ketones is 1. The van der Waals surface area contributed by atoms with Crippen LogP contribution in [-0.4, -0.2) is 29.1 Å². The van der Waals surface area contributed by atoms with E-state index in [0.29, 0.717) is 18.6 Å². The van der Waals surface area contributed by atoms with Gasteiger partial charge in [0.05, 0.1) is 13.2 Å². The molecule has 1 aromatic carbocycles. The molecule has 0 radical (unpaired) electrons. The van der Waals surface area contributed by atoms with Crippen LogP contribution < -0.4 is 0 Å². The molecule has 1 unspecified atom stereocenters. The Morgan fingerprint density at radius 3 is 3.05 bits per heavy atom. The number of nitrogens with zero attached hydrogens (tertiary/aromatic N) is 2. The summed E-state index contributed by atoms with van der Waals surface area (Å²) in [6.45, 7) is 2.52. The van der Waals surface area contributed by atoms with Crippen LogP contribution in [0.4, 0.5) is 4.39 Å². The molecule has 0 N–H and O–H groups in total. The van der Waals surface area contributed by atoms with Crippen LogP contribution in [0.1, 0.15) is 23.8 Å². The highest BCUT2D eigenvalue weighted by Crippen LogP contribution is 2.26. The summed E-state index contributed by atoms with van der Waals surface area (Å²) in [6.07, 6.45) is 0.349. The third-order valence-electron chi connectivity index (χ3n) is 3.35. The first-order chi connectivity index (χ1) is 9.65. The van der Waals surface area contributed by atoms with Gasteiger partial charge in [-0.3, -0.25) is 4.79 Å². The van der Waals surface area contributed by atoms with E-state index in [1.807, 2.05) is 6.92 Å². The van der Waals surface area contributed by atoms with E-state index in [2.05, 4.69) is 10.1 Å². The van der Waals surface area contributed by atoms with Gasteiger partial charge < -0.3 is 9.26 Å². The van der Waals surface area contributed by atoms with Crippen molar-refractivity contribution >= 4 is 5.78 Å². The molecule has 0 bridgehead atoms. The number of rotatable bonds is 2. The van der Waals surface area contributed by atoms with E-state index < -0.39 is 5.92 Å². The van der Waals surface area contributed by atoms with Crippen LogP contribution in [0.15, 0.2) is 22.7 Å². The molecule has 5 nitrogen and oxygen atoms in total. The predicted octanol–water partition coefficient (Wildman–Crippen LogP) is 2.26. The SMILES string of the molecule is Cc1ccc(F)cc1-c1noc(C2COCCC2=O)n1. The average molecular weight is 276 g/mol. The molecular weight excluding hydrogens is 263 g/mol. The molecule has 0 amide bonds. The van der Waals surface area contributed by atoms with Crippen molar-refractivity contribution in [2.75, 3.05) is 13.2 Å². The first-order valence-corrected chi connectivity index (χ1v) is 6.36. The number of ether oxygens (including phenoxy) is 1. The highest BCUT2D eigenvalue weighted by atomic mass is 19.1. The van der Waals surface area contributed by atoms with Crippen LogP contribution in [-0.2, 0) is 9.53 Å². The van der Waals surface area contributed by atoms with Gasteiger partial charge in [0, 0.05) is 12.0 Å². The molecule has 1 atom stereocenters. The Bertz CT molecular complexity index is 654. The summed E-state index contributed by atoms with van der Waals surface area (Å²) < 4.78 is 23.7. The molecule has 2 aromatic rings. The average Bonchev–Trinajstić information content (AvgIpc) is 2.91. The molecule has 0 spiro atoms. The van der Waals surface area contributed by atoms with Gasteiger partial charge in [0.1, 0.15) is 17.5 Å². The molecule has 2 heterocycles. The lowest BCUT2D eigenvalue weighted by Gasteiger charge is -2.17. The van der Waals surface area contributed by atoms with Crippen LogP contribution >= 0.6 is 0 Å². The molecule has 0 saturated carbocycles. The molecule has 0 aliphatic carbocycles. The molecule has 1 aromatic heterocycles. The minimum atomic E-state index is -0.515. The number of hydrogen-bond donors (Lipinski definition) is 0. The summed E-state index contributed by atoms with van der Waals surface area (Å²) >= 11 is 0. The highest BCUT2D eigenvalue weighted by Gasteiger charge is 2.30. The Morgan fingerprint density at radius 1 is 1.40 bits per heavy atom. The second kappa shape index (κ2) is 5.13. The van der Waals surface area contributed by atoms with Crippen molar-refractivity contribution in [1.29, 1.82) is 0 Å². The Hall–Kier alpha value is -2.08. The number of carbonyl (C=O) groups is 1. The lowest BCUT2D eigenvalue weighted by molar-refractivity contribution is -0.127. The van der Waals surface area contributed by atoms with E-state index in [1.54, 1.807) is 6.07 Å². The summed E-state index contributed by atoms with van der Waals surface area (Å²) in [5.74, 6) is -0.334. The number of hydrogen-bond acceptors (Lipinski definition) is 5. The molecule has 1 fully saturated rings. The van der Waals surface area contributed by atoms with Gasteiger partial charge in [0.15, 0.2) is 0 Å². The molecule has 3 rings (SSSR count). The number of aryl methyl sites for hydroxylation is 1. The van der Waals surface area contributed by atoms with E-state index in [9.17, 15) is 9.18 Å². The number of Topliss-reactive ketones (excluding diaryl/α,β-unsaturated/α-hetero) is 1. The second-order valence-corrected chi connectivity index (χ2v) is 4.76. The number of halogens is 1. The normalized spacial score (nSPS) is 19.3. The highest BCUT2D eigenvalue weighted by molar-refractivity contribution is 5.85. The Balaban J connectivity index is 1.93. The summed E-state index contributed by atoms with van der Waals surface area (Å²) in [4.78, 5) is 16.0. The van der Waals surface area contributed by atoms with Crippen molar-refractivity contribution in [3.63, 3.8) is 0 Å². The van der Waals surface area contributed by atoms with E-state index in [0.717, 1.165) is 5.56 Å². The zero-order valence-corrected chi connectivity index (χ0v) is 10.9. The van der Waals surface area contributed by atoms with Gasteiger partial charge in [-0.25, -0.2) is 4.39 Å². The zero-order chi connectivity index (χ0) is 14.1. The Morgan fingerprint density at radius 2 is 2.25 bits per heavy atom. The standard InChI is InChI=1S/C14H13FN2O3/c1-8-2-3-9(15)6-10(8)13-16-14(20-17-13)11-7-19-5-4-12(11)18/h2-3,6,11H,4-5,7H2,1H3. The van der Waals surface area contributed by atoms with Gasteiger partial charge in [-0.05, 0) is 24.6 Å². The van der Waals surface area contributed by atoms with Crippen molar-refractivity contribution in [3.8, 4) is 11.4 Å². The first-order valence-electron chi connectivity index (χ1n) is 6.36. The second-order valence-electron chi connectivity index (χ2n) is 4.76. The Labute approximate surface area is 114 Å². The fourth-order valence-electron chi connectivity index (χ4n) is 2.17. The van der Waals surface area contributed by atoms with E-state index in [4.69, 9.17) is 9.26 Å². The van der Waals surface area contributed by atoms with Crippen molar-refractivity contribution in [1.82, 2.24) is 10.1 Å². The topological polar surface area (TPSA) is 65.2 Å². The van der Waals surface area contributed by atoms with Crippen LogP contribution in [0.25, 0.3) is 11.4 Å². The third kappa shape index (κ3) is 2.34. The molecule has 6 heteroatoms. The lowest BCUT2D eigenvalue weighted by Crippen LogP contribution is -2.25. The molecule has 1 aliphatic heterocycles. The maximum Gasteiger partial charge on any atom is 0.239 e. The van der Waals surface area contributed by atoms with Crippen molar-refractivity contribution in [3.05, 3.63) is 35.5 Å². The molecular formula is C14H13FN2O3. The van der Waals surface area contributed by atoms with E-state index in [1.165, 1.54) is 12.1 Å². The smallest absolute Gasteiger partial charge is 0.239 e. The molecule has 1 saturated heterocycles. The summed E-state index contributed by atoms with van der Waals surface area (Å²) in [7, 11) is 0. The van der Waals surface area contributed by atoms with Gasteiger partial charge in [-0.1, -0.05) is 11.2 Å².